The molecule has 0 aliphatic carbocycles. The zero-order valence-electron chi connectivity index (χ0n) is 16.4. The molecule has 7 heteroatoms. The molecule has 0 spiro atoms. The number of carbonyl (C=O) groups excluding carboxylic acids is 2. The molecule has 0 atom stereocenters. The monoisotopic (exact) mass is 414 g/mol. The van der Waals surface area contributed by atoms with E-state index < -0.39 is 30.2 Å². The molecule has 1 heterocycles. The first-order chi connectivity index (χ1) is 15.0. The van der Waals surface area contributed by atoms with Crippen LogP contribution in [0.25, 0.3) is 21.9 Å². The van der Waals surface area contributed by atoms with Crippen molar-refractivity contribution >= 4 is 22.5 Å². The lowest BCUT2D eigenvalue weighted by Crippen LogP contribution is -2.33. The Morgan fingerprint density at radius 1 is 0.774 bits per heavy atom. The van der Waals surface area contributed by atoms with Crippen LogP contribution in [0.15, 0.2) is 88.5 Å². The number of aromatic amines is 1. The minimum atomic E-state index is -0.803. The second-order valence-electron chi connectivity index (χ2n) is 6.91. The molecule has 0 aliphatic rings. The van der Waals surface area contributed by atoms with E-state index >= 15 is 0 Å². The number of rotatable bonds is 6. The lowest BCUT2D eigenvalue weighted by atomic mass is 10.0. The lowest BCUT2D eigenvalue weighted by molar-refractivity contribution is -0.143. The smallest absolute Gasteiger partial charge is 0.328 e. The van der Waals surface area contributed by atoms with Crippen LogP contribution in [0.4, 0.5) is 0 Å². The third-order valence-corrected chi connectivity index (χ3v) is 4.85. The molecule has 4 aromatic rings. The molecule has 0 amide bonds. The summed E-state index contributed by atoms with van der Waals surface area (Å²) in [5.41, 5.74) is 1.40. The number of fused-ring (bicyclic) bond motifs is 1. The number of H-pyrrole nitrogens is 1. The molecule has 0 saturated carbocycles. The fourth-order valence-electron chi connectivity index (χ4n) is 3.24. The zero-order chi connectivity index (χ0) is 21.8. The normalized spacial score (nSPS) is 10.7. The van der Waals surface area contributed by atoms with Crippen LogP contribution in [0.2, 0.25) is 0 Å². The average molecular weight is 414 g/mol. The third kappa shape index (κ3) is 4.35. The standard InChI is InChI=1S/C24H18N2O5/c27-21(18-12-10-17(11-13-18)16-6-2-1-3-7-16)15-31-22(28)14-26-24(30)20-9-5-4-8-19(20)23(29)25-26/h1-13H,14-15H2,(H,25,29). The Morgan fingerprint density at radius 2 is 1.39 bits per heavy atom. The van der Waals surface area contributed by atoms with Gasteiger partial charge >= 0.3 is 5.97 Å². The van der Waals surface area contributed by atoms with Crippen molar-refractivity contribution in [2.24, 2.45) is 0 Å². The third-order valence-electron chi connectivity index (χ3n) is 4.85. The molecule has 0 fully saturated rings. The number of esters is 1. The first kappa shape index (κ1) is 20.0. The first-order valence-corrected chi connectivity index (χ1v) is 9.59. The summed E-state index contributed by atoms with van der Waals surface area (Å²) in [6.07, 6.45) is 0. The van der Waals surface area contributed by atoms with Crippen molar-refractivity contribution in [1.82, 2.24) is 9.78 Å². The molecule has 4 rings (SSSR count). The molecule has 0 unspecified atom stereocenters. The van der Waals surface area contributed by atoms with Crippen LogP contribution in [0.5, 0.6) is 0 Å². The van der Waals surface area contributed by atoms with Crippen molar-refractivity contribution in [3.05, 3.63) is 105 Å². The summed E-state index contributed by atoms with van der Waals surface area (Å²) < 4.78 is 5.89. The summed E-state index contributed by atoms with van der Waals surface area (Å²) in [7, 11) is 0. The topological polar surface area (TPSA) is 98.2 Å². The molecule has 154 valence electrons. The van der Waals surface area contributed by atoms with E-state index in [1.807, 2.05) is 42.5 Å². The Labute approximate surface area is 176 Å². The number of ether oxygens (including phenoxy) is 1. The number of hydrogen-bond acceptors (Lipinski definition) is 5. The first-order valence-electron chi connectivity index (χ1n) is 9.59. The van der Waals surface area contributed by atoms with Crippen molar-refractivity contribution < 1.29 is 14.3 Å². The van der Waals surface area contributed by atoms with E-state index in [9.17, 15) is 19.2 Å². The van der Waals surface area contributed by atoms with E-state index in [-0.39, 0.29) is 16.6 Å². The molecule has 0 radical (unpaired) electrons. The Kier molecular flexibility index (Phi) is 5.57. The number of nitrogens with zero attached hydrogens (tertiary/aromatic N) is 1. The minimum Gasteiger partial charge on any atom is -0.456 e. The summed E-state index contributed by atoms with van der Waals surface area (Å²) >= 11 is 0. The van der Waals surface area contributed by atoms with Crippen molar-refractivity contribution in [2.75, 3.05) is 6.61 Å². The molecule has 0 bridgehead atoms. The summed E-state index contributed by atoms with van der Waals surface area (Å²) in [6.45, 7) is -0.963. The number of ketones is 1. The highest BCUT2D eigenvalue weighted by Gasteiger charge is 2.13. The van der Waals surface area contributed by atoms with Gasteiger partial charge in [-0.05, 0) is 23.3 Å². The van der Waals surface area contributed by atoms with Crippen LogP contribution in [0, 0.1) is 0 Å². The van der Waals surface area contributed by atoms with E-state index in [0.29, 0.717) is 5.56 Å². The second kappa shape index (κ2) is 8.62. The van der Waals surface area contributed by atoms with Gasteiger partial charge in [0, 0.05) is 5.56 Å². The molecule has 31 heavy (non-hydrogen) atoms. The van der Waals surface area contributed by atoms with Crippen LogP contribution in [-0.4, -0.2) is 28.1 Å². The van der Waals surface area contributed by atoms with Gasteiger partial charge in [-0.15, -0.1) is 0 Å². The van der Waals surface area contributed by atoms with Gasteiger partial charge in [-0.3, -0.25) is 24.3 Å². The van der Waals surface area contributed by atoms with Crippen molar-refractivity contribution in [3.63, 3.8) is 0 Å². The number of hydrogen-bond donors (Lipinski definition) is 1. The van der Waals surface area contributed by atoms with Gasteiger partial charge in [0.05, 0.1) is 10.8 Å². The number of aromatic nitrogens is 2. The van der Waals surface area contributed by atoms with Gasteiger partial charge in [-0.1, -0.05) is 66.7 Å². The van der Waals surface area contributed by atoms with E-state index in [2.05, 4.69) is 5.10 Å². The Bertz CT molecular complexity index is 1370. The van der Waals surface area contributed by atoms with E-state index in [0.717, 1.165) is 15.8 Å². The lowest BCUT2D eigenvalue weighted by Gasteiger charge is -2.08. The predicted octanol–water partition coefficient (Wildman–Crippen LogP) is 2.78. The molecule has 7 nitrogen and oxygen atoms in total. The van der Waals surface area contributed by atoms with Gasteiger partial charge in [0.2, 0.25) is 0 Å². The number of Topliss-reactive ketones (excluding diaryl/α,β-unsaturated/α-hetero) is 1. The molecule has 0 saturated heterocycles. The van der Waals surface area contributed by atoms with Gasteiger partial charge in [-0.25, -0.2) is 4.68 Å². The van der Waals surface area contributed by atoms with Crippen LogP contribution < -0.4 is 11.1 Å². The SMILES string of the molecule is O=C(Cn1[nH]c(=O)c2ccccc2c1=O)OCC(=O)c1ccc(-c2ccccc2)cc1. The second-order valence-corrected chi connectivity index (χ2v) is 6.91. The van der Waals surface area contributed by atoms with Gasteiger partial charge in [0.25, 0.3) is 11.1 Å². The highest BCUT2D eigenvalue weighted by Crippen LogP contribution is 2.19. The maximum absolute atomic E-state index is 12.4. The number of carbonyl (C=O) groups is 2. The molecule has 1 aromatic heterocycles. The van der Waals surface area contributed by atoms with Crippen molar-refractivity contribution in [2.45, 2.75) is 6.54 Å². The maximum atomic E-state index is 12.4. The van der Waals surface area contributed by atoms with Crippen LogP contribution in [0.3, 0.4) is 0 Å². The molecule has 3 aromatic carbocycles. The van der Waals surface area contributed by atoms with Gasteiger partial charge in [0.1, 0.15) is 6.54 Å². The Hall–Kier alpha value is -4.26. The highest BCUT2D eigenvalue weighted by molar-refractivity contribution is 5.98. The summed E-state index contributed by atoms with van der Waals surface area (Å²) in [5.74, 6) is -1.17. The average Bonchev–Trinajstić information content (AvgIpc) is 2.81. The highest BCUT2D eigenvalue weighted by atomic mass is 16.5. The van der Waals surface area contributed by atoms with E-state index in [1.165, 1.54) is 12.1 Å². The summed E-state index contributed by atoms with van der Waals surface area (Å²) in [6, 6.07) is 23.0. The summed E-state index contributed by atoms with van der Waals surface area (Å²) in [4.78, 5) is 49.0. The van der Waals surface area contributed by atoms with Crippen molar-refractivity contribution in [1.29, 1.82) is 0 Å². The quantitative estimate of drug-likeness (QED) is 0.386. The maximum Gasteiger partial charge on any atom is 0.328 e. The molecular weight excluding hydrogens is 396 g/mol. The van der Waals surface area contributed by atoms with Crippen molar-refractivity contribution in [3.8, 4) is 11.1 Å². The van der Waals surface area contributed by atoms with Gasteiger partial charge < -0.3 is 4.74 Å². The molecule has 1 N–H and O–H groups in total. The zero-order valence-corrected chi connectivity index (χ0v) is 16.4. The number of benzene rings is 3. The van der Waals surface area contributed by atoms with Gasteiger partial charge in [0.15, 0.2) is 12.4 Å². The Morgan fingerprint density at radius 3 is 2.10 bits per heavy atom. The predicted molar refractivity (Wildman–Crippen MR) is 116 cm³/mol. The van der Waals surface area contributed by atoms with Crippen LogP contribution in [-0.2, 0) is 16.1 Å². The van der Waals surface area contributed by atoms with E-state index in [4.69, 9.17) is 4.74 Å². The largest absolute Gasteiger partial charge is 0.456 e. The molecule has 0 aliphatic heterocycles. The van der Waals surface area contributed by atoms with Gasteiger partial charge in [-0.2, -0.15) is 0 Å². The number of nitrogens with one attached hydrogen (secondary N) is 1. The van der Waals surface area contributed by atoms with Crippen LogP contribution >= 0.6 is 0 Å². The van der Waals surface area contributed by atoms with E-state index in [1.54, 1.807) is 24.3 Å². The summed E-state index contributed by atoms with van der Waals surface area (Å²) in [5, 5.41) is 2.80. The fourth-order valence-corrected chi connectivity index (χ4v) is 3.24. The minimum absolute atomic E-state index is 0.202. The fraction of sp³-hybridized carbons (Fsp3) is 0.0833. The van der Waals surface area contributed by atoms with Crippen LogP contribution in [0.1, 0.15) is 10.4 Å². The molecular formula is C24H18N2O5. The Balaban J connectivity index is 1.41.